The number of hydrogen-bond acceptors (Lipinski definition) is 5. The van der Waals surface area contributed by atoms with Crippen LogP contribution in [0.3, 0.4) is 0 Å². The SMILES string of the molecule is Cl.O=C(Cn1cncn1)Nc1ccc(CCNC[C@H](O)c2ccccc2)cc1. The fraction of sp³-hybridized carbons (Fsp3) is 0.250. The lowest BCUT2D eigenvalue weighted by molar-refractivity contribution is -0.116. The van der Waals surface area contributed by atoms with Crippen LogP contribution in [-0.4, -0.2) is 38.9 Å². The molecular weight excluding hydrogens is 378 g/mol. The Hall–Kier alpha value is -2.74. The van der Waals surface area contributed by atoms with Gasteiger partial charge in [0.15, 0.2) is 0 Å². The third kappa shape index (κ3) is 6.77. The second-order valence-electron chi connectivity index (χ2n) is 6.22. The molecule has 8 heteroatoms. The van der Waals surface area contributed by atoms with Crippen LogP contribution in [0.25, 0.3) is 0 Å². The molecule has 0 saturated heterocycles. The number of anilines is 1. The van der Waals surface area contributed by atoms with Crippen molar-refractivity contribution in [3.63, 3.8) is 0 Å². The van der Waals surface area contributed by atoms with E-state index in [9.17, 15) is 9.90 Å². The summed E-state index contributed by atoms with van der Waals surface area (Å²) in [4.78, 5) is 15.7. The van der Waals surface area contributed by atoms with Gasteiger partial charge in [-0.2, -0.15) is 5.10 Å². The van der Waals surface area contributed by atoms with E-state index < -0.39 is 6.10 Å². The van der Waals surface area contributed by atoms with E-state index in [0.717, 1.165) is 29.8 Å². The summed E-state index contributed by atoms with van der Waals surface area (Å²) in [6.07, 6.45) is 3.24. The number of benzene rings is 2. The number of nitrogens with zero attached hydrogens (tertiary/aromatic N) is 3. The summed E-state index contributed by atoms with van der Waals surface area (Å²) in [6, 6.07) is 17.4. The number of carbonyl (C=O) groups is 1. The number of aliphatic hydroxyl groups is 1. The van der Waals surface area contributed by atoms with Crippen LogP contribution in [0.1, 0.15) is 17.2 Å². The van der Waals surface area contributed by atoms with Crippen LogP contribution >= 0.6 is 12.4 Å². The molecule has 148 valence electrons. The van der Waals surface area contributed by atoms with Crippen molar-refractivity contribution in [2.75, 3.05) is 18.4 Å². The maximum absolute atomic E-state index is 11.9. The average Bonchev–Trinajstić information content (AvgIpc) is 3.20. The molecule has 2 aromatic carbocycles. The number of amides is 1. The van der Waals surface area contributed by atoms with Gasteiger partial charge in [0.25, 0.3) is 0 Å². The van der Waals surface area contributed by atoms with Crippen LogP contribution in [-0.2, 0) is 17.8 Å². The molecule has 1 aromatic heterocycles. The van der Waals surface area contributed by atoms with Crippen molar-refractivity contribution in [3.05, 3.63) is 78.4 Å². The van der Waals surface area contributed by atoms with E-state index in [1.807, 2.05) is 54.6 Å². The van der Waals surface area contributed by atoms with Crippen molar-refractivity contribution in [3.8, 4) is 0 Å². The van der Waals surface area contributed by atoms with Crippen LogP contribution in [0.4, 0.5) is 5.69 Å². The predicted octanol–water partition coefficient (Wildman–Crippen LogP) is 2.20. The molecule has 3 N–H and O–H groups in total. The van der Waals surface area contributed by atoms with Gasteiger partial charge in [-0.25, -0.2) is 9.67 Å². The number of rotatable bonds is 9. The Bertz CT molecular complexity index is 826. The van der Waals surface area contributed by atoms with E-state index in [0.29, 0.717) is 6.54 Å². The lowest BCUT2D eigenvalue weighted by Gasteiger charge is -2.12. The highest BCUT2D eigenvalue weighted by Gasteiger charge is 2.06. The third-order valence-electron chi connectivity index (χ3n) is 4.12. The second-order valence-corrected chi connectivity index (χ2v) is 6.22. The molecular formula is C20H24ClN5O2. The summed E-state index contributed by atoms with van der Waals surface area (Å²) < 4.78 is 1.47. The minimum absolute atomic E-state index is 0. The molecule has 7 nitrogen and oxygen atoms in total. The molecule has 0 radical (unpaired) electrons. The van der Waals surface area contributed by atoms with Gasteiger partial charge < -0.3 is 15.7 Å². The van der Waals surface area contributed by atoms with Crippen molar-refractivity contribution >= 4 is 24.0 Å². The van der Waals surface area contributed by atoms with Crippen molar-refractivity contribution < 1.29 is 9.90 Å². The lowest BCUT2D eigenvalue weighted by Crippen LogP contribution is -2.23. The third-order valence-corrected chi connectivity index (χ3v) is 4.12. The van der Waals surface area contributed by atoms with Gasteiger partial charge in [-0.15, -0.1) is 12.4 Å². The Labute approximate surface area is 170 Å². The summed E-state index contributed by atoms with van der Waals surface area (Å²) in [7, 11) is 0. The number of aromatic nitrogens is 3. The first-order chi connectivity index (χ1) is 13.2. The summed E-state index contributed by atoms with van der Waals surface area (Å²) in [5, 5.41) is 20.1. The summed E-state index contributed by atoms with van der Waals surface area (Å²) in [6.45, 7) is 1.41. The van der Waals surface area contributed by atoms with E-state index >= 15 is 0 Å². The monoisotopic (exact) mass is 401 g/mol. The molecule has 3 aromatic rings. The molecule has 0 aliphatic carbocycles. The molecule has 0 aliphatic rings. The van der Waals surface area contributed by atoms with Crippen LogP contribution in [0, 0.1) is 0 Å². The standard InChI is InChI=1S/C20H23N5O2.ClH/c26-19(17-4-2-1-3-5-17)12-21-11-10-16-6-8-18(9-7-16)24-20(27)13-25-15-22-14-23-25;/h1-9,14-15,19,21,26H,10-13H2,(H,24,27);1H/t19-;/m0./s1. The van der Waals surface area contributed by atoms with Gasteiger partial charge in [0.1, 0.15) is 19.2 Å². The highest BCUT2D eigenvalue weighted by molar-refractivity contribution is 5.90. The first-order valence-corrected chi connectivity index (χ1v) is 8.85. The van der Waals surface area contributed by atoms with Crippen LogP contribution in [0.2, 0.25) is 0 Å². The Kier molecular flexibility index (Phi) is 8.61. The molecule has 3 rings (SSSR count). The van der Waals surface area contributed by atoms with E-state index in [1.54, 1.807) is 0 Å². The largest absolute Gasteiger partial charge is 0.387 e. The number of nitrogens with one attached hydrogen (secondary N) is 2. The van der Waals surface area contributed by atoms with Gasteiger partial charge in [-0.1, -0.05) is 42.5 Å². The van der Waals surface area contributed by atoms with Crippen LogP contribution in [0.5, 0.6) is 0 Å². The molecule has 0 aliphatic heterocycles. The molecule has 0 spiro atoms. The minimum atomic E-state index is -0.506. The Balaban J connectivity index is 0.00000280. The van der Waals surface area contributed by atoms with Crippen molar-refractivity contribution in [2.45, 2.75) is 19.1 Å². The maximum atomic E-state index is 11.9. The molecule has 0 saturated carbocycles. The van der Waals surface area contributed by atoms with Gasteiger partial charge in [0, 0.05) is 12.2 Å². The fourth-order valence-electron chi connectivity index (χ4n) is 2.68. The quantitative estimate of drug-likeness (QED) is 0.478. The van der Waals surface area contributed by atoms with Crippen molar-refractivity contribution in [1.29, 1.82) is 0 Å². The van der Waals surface area contributed by atoms with E-state index in [2.05, 4.69) is 20.7 Å². The molecule has 0 unspecified atom stereocenters. The van der Waals surface area contributed by atoms with Crippen LogP contribution in [0.15, 0.2) is 67.3 Å². The topological polar surface area (TPSA) is 92.1 Å². The first-order valence-electron chi connectivity index (χ1n) is 8.85. The van der Waals surface area contributed by atoms with Crippen LogP contribution < -0.4 is 10.6 Å². The lowest BCUT2D eigenvalue weighted by atomic mass is 10.1. The molecule has 1 atom stereocenters. The number of halogens is 1. The molecule has 0 fully saturated rings. The predicted molar refractivity (Wildman–Crippen MR) is 110 cm³/mol. The smallest absolute Gasteiger partial charge is 0.246 e. The van der Waals surface area contributed by atoms with Gasteiger partial charge in [-0.05, 0) is 36.2 Å². The van der Waals surface area contributed by atoms with Crippen molar-refractivity contribution in [2.24, 2.45) is 0 Å². The van der Waals surface area contributed by atoms with E-state index in [1.165, 1.54) is 17.3 Å². The summed E-state index contributed by atoms with van der Waals surface area (Å²) >= 11 is 0. The zero-order valence-electron chi connectivity index (χ0n) is 15.4. The number of hydrogen-bond donors (Lipinski definition) is 3. The Morgan fingerprint density at radius 2 is 1.86 bits per heavy atom. The van der Waals surface area contributed by atoms with Gasteiger partial charge in [-0.3, -0.25) is 4.79 Å². The Morgan fingerprint density at radius 1 is 1.11 bits per heavy atom. The average molecular weight is 402 g/mol. The fourth-order valence-corrected chi connectivity index (χ4v) is 2.68. The highest BCUT2D eigenvalue weighted by atomic mass is 35.5. The van der Waals surface area contributed by atoms with E-state index in [-0.39, 0.29) is 24.9 Å². The highest BCUT2D eigenvalue weighted by Crippen LogP contribution is 2.12. The van der Waals surface area contributed by atoms with Gasteiger partial charge in [0.2, 0.25) is 5.91 Å². The molecule has 28 heavy (non-hydrogen) atoms. The molecule has 1 amide bonds. The Morgan fingerprint density at radius 3 is 2.54 bits per heavy atom. The minimum Gasteiger partial charge on any atom is -0.387 e. The summed E-state index contributed by atoms with van der Waals surface area (Å²) in [5.74, 6) is -0.148. The summed E-state index contributed by atoms with van der Waals surface area (Å²) in [5.41, 5.74) is 2.82. The van der Waals surface area contributed by atoms with Crippen molar-refractivity contribution in [1.82, 2.24) is 20.1 Å². The van der Waals surface area contributed by atoms with E-state index in [4.69, 9.17) is 0 Å². The first kappa shape index (κ1) is 21.6. The zero-order valence-corrected chi connectivity index (χ0v) is 16.2. The van der Waals surface area contributed by atoms with Gasteiger partial charge in [0.05, 0.1) is 6.10 Å². The zero-order chi connectivity index (χ0) is 18.9. The molecule has 0 bridgehead atoms. The molecule has 1 heterocycles. The normalized spacial score (nSPS) is 11.5. The van der Waals surface area contributed by atoms with Gasteiger partial charge >= 0.3 is 0 Å². The number of aliphatic hydroxyl groups excluding tert-OH is 1. The number of carbonyl (C=O) groups excluding carboxylic acids is 1. The second kappa shape index (κ2) is 11.2. The maximum Gasteiger partial charge on any atom is 0.246 e.